The molecule has 2 unspecified atom stereocenters. The molecule has 2 atom stereocenters. The predicted octanol–water partition coefficient (Wildman–Crippen LogP) is 3.02. The van der Waals surface area contributed by atoms with Crippen molar-refractivity contribution in [1.29, 1.82) is 0 Å². The molecule has 1 aliphatic heterocycles. The number of benzene rings is 1. The first-order valence-corrected chi connectivity index (χ1v) is 7.26. The second-order valence-corrected chi connectivity index (χ2v) is 5.14. The zero-order chi connectivity index (χ0) is 12.6. The summed E-state index contributed by atoms with van der Waals surface area (Å²) in [4.78, 5) is 0. The maximum Gasteiger partial charge on any atom is 0.0607 e. The molecular formula is C16H25NO. The van der Waals surface area contributed by atoms with E-state index in [1.165, 1.54) is 24.8 Å². The Labute approximate surface area is 111 Å². The van der Waals surface area contributed by atoms with E-state index in [-0.39, 0.29) is 0 Å². The second-order valence-electron chi connectivity index (χ2n) is 5.14. The quantitative estimate of drug-likeness (QED) is 0.748. The van der Waals surface area contributed by atoms with E-state index < -0.39 is 0 Å². The summed E-state index contributed by atoms with van der Waals surface area (Å²) in [6, 6.07) is 10.8. The van der Waals surface area contributed by atoms with Crippen molar-refractivity contribution < 1.29 is 4.74 Å². The highest BCUT2D eigenvalue weighted by Gasteiger charge is 2.25. The van der Waals surface area contributed by atoms with E-state index in [4.69, 9.17) is 4.74 Å². The third-order valence-corrected chi connectivity index (χ3v) is 3.77. The average Bonchev–Trinajstić information content (AvgIpc) is 2.93. The van der Waals surface area contributed by atoms with Crippen LogP contribution in [0.15, 0.2) is 30.3 Å². The van der Waals surface area contributed by atoms with Crippen LogP contribution >= 0.6 is 0 Å². The summed E-state index contributed by atoms with van der Waals surface area (Å²) in [5.74, 6) is 0.661. The molecule has 0 aliphatic carbocycles. The van der Waals surface area contributed by atoms with Crippen molar-refractivity contribution in [2.24, 2.45) is 5.92 Å². The summed E-state index contributed by atoms with van der Waals surface area (Å²) in [6.45, 7) is 5.28. The molecule has 1 aromatic carbocycles. The largest absolute Gasteiger partial charge is 0.378 e. The van der Waals surface area contributed by atoms with Crippen LogP contribution in [-0.2, 0) is 11.2 Å². The minimum absolute atomic E-state index is 0.476. The van der Waals surface area contributed by atoms with E-state index in [0.29, 0.717) is 12.0 Å². The van der Waals surface area contributed by atoms with Crippen LogP contribution in [0.2, 0.25) is 0 Å². The van der Waals surface area contributed by atoms with E-state index in [1.54, 1.807) is 0 Å². The van der Waals surface area contributed by atoms with Crippen molar-refractivity contribution in [3.63, 3.8) is 0 Å². The van der Waals surface area contributed by atoms with Gasteiger partial charge in [0.2, 0.25) is 0 Å². The van der Waals surface area contributed by atoms with Crippen LogP contribution in [0, 0.1) is 5.92 Å². The fourth-order valence-electron chi connectivity index (χ4n) is 2.77. The molecule has 1 aliphatic rings. The molecule has 2 heteroatoms. The normalized spacial score (nSPS) is 21.1. The maximum atomic E-state index is 5.89. The number of hydrogen-bond acceptors (Lipinski definition) is 2. The first kappa shape index (κ1) is 13.6. The molecule has 0 spiro atoms. The summed E-state index contributed by atoms with van der Waals surface area (Å²) in [6.07, 6.45) is 5.31. The summed E-state index contributed by atoms with van der Waals surface area (Å²) in [5.41, 5.74) is 1.44. The Kier molecular flexibility index (Phi) is 5.69. The number of nitrogens with one attached hydrogen (secondary N) is 1. The summed E-state index contributed by atoms with van der Waals surface area (Å²) in [5, 5.41) is 3.43. The van der Waals surface area contributed by atoms with Crippen molar-refractivity contribution in [3.8, 4) is 0 Å². The fraction of sp³-hybridized carbons (Fsp3) is 0.625. The van der Waals surface area contributed by atoms with Crippen molar-refractivity contribution in [2.45, 2.75) is 38.7 Å². The smallest absolute Gasteiger partial charge is 0.0607 e. The Morgan fingerprint density at radius 3 is 2.83 bits per heavy atom. The van der Waals surface area contributed by atoms with Gasteiger partial charge in [0.15, 0.2) is 0 Å². The zero-order valence-corrected chi connectivity index (χ0v) is 11.4. The molecular weight excluding hydrogens is 222 g/mol. The molecule has 1 fully saturated rings. The van der Waals surface area contributed by atoms with Crippen LogP contribution in [0.1, 0.15) is 31.7 Å². The van der Waals surface area contributed by atoms with Crippen LogP contribution < -0.4 is 5.32 Å². The summed E-state index contributed by atoms with van der Waals surface area (Å²) < 4.78 is 5.89. The lowest BCUT2D eigenvalue weighted by Gasteiger charge is -2.23. The fourth-order valence-corrected chi connectivity index (χ4v) is 2.77. The molecule has 2 nitrogen and oxygen atoms in total. The van der Waals surface area contributed by atoms with E-state index >= 15 is 0 Å². The van der Waals surface area contributed by atoms with Gasteiger partial charge in [0.25, 0.3) is 0 Å². The first-order valence-electron chi connectivity index (χ1n) is 7.26. The average molecular weight is 247 g/mol. The van der Waals surface area contributed by atoms with Gasteiger partial charge >= 0.3 is 0 Å². The minimum Gasteiger partial charge on any atom is -0.378 e. The minimum atomic E-state index is 0.476. The molecule has 0 saturated carbocycles. The van der Waals surface area contributed by atoms with Crippen LogP contribution in [0.3, 0.4) is 0 Å². The summed E-state index contributed by atoms with van der Waals surface area (Å²) in [7, 11) is 0. The van der Waals surface area contributed by atoms with Gasteiger partial charge in [-0.25, -0.2) is 0 Å². The first-order chi connectivity index (χ1) is 8.90. The molecule has 0 aromatic heterocycles. The van der Waals surface area contributed by atoms with Crippen molar-refractivity contribution in [2.75, 3.05) is 19.7 Å². The van der Waals surface area contributed by atoms with Gasteiger partial charge in [0.05, 0.1) is 6.10 Å². The van der Waals surface area contributed by atoms with Gasteiger partial charge in [-0.1, -0.05) is 37.3 Å². The van der Waals surface area contributed by atoms with Crippen LogP contribution in [0.4, 0.5) is 0 Å². The molecule has 0 radical (unpaired) electrons. The van der Waals surface area contributed by atoms with Gasteiger partial charge in [-0.05, 0) is 50.3 Å². The third-order valence-electron chi connectivity index (χ3n) is 3.77. The molecule has 1 heterocycles. The van der Waals surface area contributed by atoms with Gasteiger partial charge in [0, 0.05) is 6.61 Å². The van der Waals surface area contributed by atoms with Crippen molar-refractivity contribution in [1.82, 2.24) is 5.32 Å². The Balaban J connectivity index is 1.90. The number of rotatable bonds is 7. The Morgan fingerprint density at radius 2 is 2.17 bits per heavy atom. The lowest BCUT2D eigenvalue weighted by atomic mass is 9.89. The predicted molar refractivity (Wildman–Crippen MR) is 75.8 cm³/mol. The molecule has 1 saturated heterocycles. The van der Waals surface area contributed by atoms with Gasteiger partial charge in [-0.3, -0.25) is 0 Å². The monoisotopic (exact) mass is 247 g/mol. The molecule has 2 rings (SSSR count). The van der Waals surface area contributed by atoms with Gasteiger partial charge in [0.1, 0.15) is 0 Å². The molecule has 18 heavy (non-hydrogen) atoms. The third kappa shape index (κ3) is 4.11. The van der Waals surface area contributed by atoms with Crippen LogP contribution in [0.25, 0.3) is 0 Å². The number of hydrogen-bond donors (Lipinski definition) is 1. The SMILES string of the molecule is CCNCCC(Cc1ccccc1)C1CCCO1. The highest BCUT2D eigenvalue weighted by molar-refractivity contribution is 5.15. The lowest BCUT2D eigenvalue weighted by Crippen LogP contribution is -2.26. The summed E-state index contributed by atoms with van der Waals surface area (Å²) >= 11 is 0. The van der Waals surface area contributed by atoms with Gasteiger partial charge in [-0.2, -0.15) is 0 Å². The maximum absolute atomic E-state index is 5.89. The lowest BCUT2D eigenvalue weighted by molar-refractivity contribution is 0.0596. The standard InChI is InChI=1S/C16H25NO/c1-2-17-11-10-15(16-9-6-12-18-16)13-14-7-4-3-5-8-14/h3-5,7-8,15-17H,2,6,9-13H2,1H3. The zero-order valence-electron chi connectivity index (χ0n) is 11.4. The molecule has 0 bridgehead atoms. The van der Waals surface area contributed by atoms with E-state index in [2.05, 4.69) is 42.6 Å². The topological polar surface area (TPSA) is 21.3 Å². The second kappa shape index (κ2) is 7.55. The van der Waals surface area contributed by atoms with Crippen molar-refractivity contribution >= 4 is 0 Å². The molecule has 1 aromatic rings. The molecule has 100 valence electrons. The van der Waals surface area contributed by atoms with E-state index in [1.807, 2.05) is 0 Å². The van der Waals surface area contributed by atoms with E-state index in [0.717, 1.165) is 26.1 Å². The van der Waals surface area contributed by atoms with E-state index in [9.17, 15) is 0 Å². The molecule has 1 N–H and O–H groups in total. The van der Waals surface area contributed by atoms with Crippen molar-refractivity contribution in [3.05, 3.63) is 35.9 Å². The highest BCUT2D eigenvalue weighted by Crippen LogP contribution is 2.26. The van der Waals surface area contributed by atoms with Crippen LogP contribution in [-0.4, -0.2) is 25.8 Å². The van der Waals surface area contributed by atoms with Crippen LogP contribution in [0.5, 0.6) is 0 Å². The Bertz CT molecular complexity index is 319. The Hall–Kier alpha value is -0.860. The van der Waals surface area contributed by atoms with Gasteiger partial charge < -0.3 is 10.1 Å². The van der Waals surface area contributed by atoms with Gasteiger partial charge in [-0.15, -0.1) is 0 Å². The Morgan fingerprint density at radius 1 is 1.33 bits per heavy atom. The molecule has 0 amide bonds. The number of ether oxygens (including phenoxy) is 1. The highest BCUT2D eigenvalue weighted by atomic mass is 16.5.